The molecule has 1 amide bonds. The molecule has 1 aromatic carbocycles. The second kappa shape index (κ2) is 6.29. The topological polar surface area (TPSA) is 115 Å². The van der Waals surface area contributed by atoms with Crippen LogP contribution in [-0.2, 0) is 16.4 Å². The highest BCUT2D eigenvalue weighted by atomic mass is 32.2. The summed E-state index contributed by atoms with van der Waals surface area (Å²) in [6.07, 6.45) is 0.682. The van der Waals surface area contributed by atoms with Gasteiger partial charge in [-0.15, -0.1) is 0 Å². The van der Waals surface area contributed by atoms with Crippen molar-refractivity contribution < 1.29 is 17.7 Å². The molecular weight excluding hydrogens is 306 g/mol. The van der Waals surface area contributed by atoms with Crippen LogP contribution in [0.3, 0.4) is 0 Å². The van der Waals surface area contributed by atoms with E-state index >= 15 is 0 Å². The smallest absolute Gasteiger partial charge is 0.277 e. The largest absolute Gasteiger partial charge is 0.361 e. The molecule has 0 saturated heterocycles. The Balaban J connectivity index is 2.14. The van der Waals surface area contributed by atoms with Gasteiger partial charge >= 0.3 is 0 Å². The van der Waals surface area contributed by atoms with Crippen molar-refractivity contribution in [1.29, 1.82) is 0 Å². The van der Waals surface area contributed by atoms with E-state index in [1.807, 2.05) is 13.8 Å². The molecule has 1 heterocycles. The van der Waals surface area contributed by atoms with Crippen LogP contribution < -0.4 is 10.5 Å². The molecule has 0 unspecified atom stereocenters. The first kappa shape index (κ1) is 16.2. The van der Waals surface area contributed by atoms with E-state index in [4.69, 9.17) is 9.66 Å². The van der Waals surface area contributed by atoms with Crippen LogP contribution in [-0.4, -0.2) is 19.5 Å². The lowest BCUT2D eigenvalue weighted by Crippen LogP contribution is -2.15. The number of nitrogens with zero attached hydrogens (tertiary/aromatic N) is 1. The summed E-state index contributed by atoms with van der Waals surface area (Å²) >= 11 is 0. The van der Waals surface area contributed by atoms with Crippen LogP contribution in [0, 0.1) is 5.92 Å². The van der Waals surface area contributed by atoms with Gasteiger partial charge in [0.15, 0.2) is 5.69 Å². The summed E-state index contributed by atoms with van der Waals surface area (Å²) in [6, 6.07) is 7.24. The number of amides is 1. The van der Waals surface area contributed by atoms with Crippen molar-refractivity contribution in [1.82, 2.24) is 5.16 Å². The lowest BCUT2D eigenvalue weighted by atomic mass is 10.1. The maximum atomic E-state index is 12.1. The van der Waals surface area contributed by atoms with Crippen molar-refractivity contribution in [2.24, 2.45) is 11.1 Å². The molecule has 22 heavy (non-hydrogen) atoms. The SMILES string of the molecule is CC(C)Cc1cc(C(=O)Nc2cccc(S(N)(=O)=O)c2)no1. The third kappa shape index (κ3) is 4.15. The van der Waals surface area contributed by atoms with Gasteiger partial charge in [0.2, 0.25) is 10.0 Å². The molecule has 2 aromatic rings. The second-order valence-corrected chi connectivity index (χ2v) is 6.86. The first-order valence-corrected chi connectivity index (χ1v) is 8.20. The zero-order valence-electron chi connectivity index (χ0n) is 12.2. The van der Waals surface area contributed by atoms with Crippen LogP contribution in [0.25, 0.3) is 0 Å². The highest BCUT2D eigenvalue weighted by Crippen LogP contribution is 2.16. The average molecular weight is 323 g/mol. The second-order valence-electron chi connectivity index (χ2n) is 5.30. The molecule has 0 atom stereocenters. The van der Waals surface area contributed by atoms with Gasteiger partial charge in [-0.05, 0) is 24.1 Å². The summed E-state index contributed by atoms with van der Waals surface area (Å²) in [5.74, 6) is 0.527. The maximum Gasteiger partial charge on any atom is 0.277 e. The van der Waals surface area contributed by atoms with Crippen LogP contribution >= 0.6 is 0 Å². The molecule has 0 saturated carbocycles. The molecule has 0 bridgehead atoms. The number of benzene rings is 1. The van der Waals surface area contributed by atoms with E-state index in [-0.39, 0.29) is 10.6 Å². The third-order valence-electron chi connectivity index (χ3n) is 2.82. The first-order valence-electron chi connectivity index (χ1n) is 6.65. The summed E-state index contributed by atoms with van der Waals surface area (Å²) in [6.45, 7) is 4.06. The summed E-state index contributed by atoms with van der Waals surface area (Å²) < 4.78 is 27.7. The lowest BCUT2D eigenvalue weighted by Gasteiger charge is -2.04. The zero-order chi connectivity index (χ0) is 16.3. The van der Waals surface area contributed by atoms with Crippen molar-refractivity contribution in [2.75, 3.05) is 5.32 Å². The molecule has 0 aliphatic heterocycles. The monoisotopic (exact) mass is 323 g/mol. The molecule has 0 aliphatic carbocycles. The van der Waals surface area contributed by atoms with Crippen LogP contribution in [0.15, 0.2) is 39.8 Å². The van der Waals surface area contributed by atoms with E-state index in [2.05, 4.69) is 10.5 Å². The zero-order valence-corrected chi connectivity index (χ0v) is 13.1. The standard InChI is InChI=1S/C14H17N3O4S/c1-9(2)6-11-8-13(17-21-11)14(18)16-10-4-3-5-12(7-10)22(15,19)20/h3-5,7-9H,6H2,1-2H3,(H,16,18)(H2,15,19,20). The molecule has 118 valence electrons. The minimum atomic E-state index is -3.82. The summed E-state index contributed by atoms with van der Waals surface area (Å²) in [5, 5.41) is 11.3. The van der Waals surface area contributed by atoms with Gasteiger partial charge in [0, 0.05) is 18.2 Å². The molecule has 0 fully saturated rings. The number of nitrogens with two attached hydrogens (primary N) is 1. The van der Waals surface area contributed by atoms with Gasteiger partial charge in [0.1, 0.15) is 5.76 Å². The molecule has 7 nitrogen and oxygen atoms in total. The Morgan fingerprint density at radius 3 is 2.73 bits per heavy atom. The predicted octanol–water partition coefficient (Wildman–Crippen LogP) is 1.77. The average Bonchev–Trinajstić information content (AvgIpc) is 2.86. The van der Waals surface area contributed by atoms with Crippen molar-refractivity contribution in [3.63, 3.8) is 0 Å². The van der Waals surface area contributed by atoms with Gasteiger partial charge in [0.25, 0.3) is 5.91 Å². The first-order chi connectivity index (χ1) is 10.3. The maximum absolute atomic E-state index is 12.1. The van der Waals surface area contributed by atoms with E-state index in [9.17, 15) is 13.2 Å². The fraction of sp³-hybridized carbons (Fsp3) is 0.286. The van der Waals surface area contributed by atoms with E-state index < -0.39 is 15.9 Å². The molecule has 1 aromatic heterocycles. The third-order valence-corrected chi connectivity index (χ3v) is 3.73. The predicted molar refractivity (Wildman–Crippen MR) is 80.8 cm³/mol. The molecular formula is C14H17N3O4S. The van der Waals surface area contributed by atoms with Crippen molar-refractivity contribution in [3.8, 4) is 0 Å². The van der Waals surface area contributed by atoms with E-state index in [0.29, 0.717) is 23.8 Å². The number of nitrogens with one attached hydrogen (secondary N) is 1. The highest BCUT2D eigenvalue weighted by Gasteiger charge is 2.15. The van der Waals surface area contributed by atoms with Gasteiger partial charge in [-0.1, -0.05) is 25.1 Å². The fourth-order valence-corrected chi connectivity index (χ4v) is 2.42. The van der Waals surface area contributed by atoms with Gasteiger partial charge in [-0.3, -0.25) is 4.79 Å². The molecule has 2 rings (SSSR count). The normalized spacial score (nSPS) is 11.6. The van der Waals surface area contributed by atoms with Crippen LogP contribution in [0.5, 0.6) is 0 Å². The Morgan fingerprint density at radius 2 is 2.09 bits per heavy atom. The molecule has 0 aliphatic rings. The Bertz CT molecular complexity index is 781. The van der Waals surface area contributed by atoms with Crippen molar-refractivity contribution >= 4 is 21.6 Å². The minimum Gasteiger partial charge on any atom is -0.361 e. The number of hydrogen-bond acceptors (Lipinski definition) is 5. The summed E-state index contributed by atoms with van der Waals surface area (Å²) in [7, 11) is -3.82. The molecule has 8 heteroatoms. The summed E-state index contributed by atoms with van der Waals surface area (Å²) in [4.78, 5) is 12.0. The number of anilines is 1. The quantitative estimate of drug-likeness (QED) is 0.870. The Kier molecular flexibility index (Phi) is 4.62. The van der Waals surface area contributed by atoms with E-state index in [0.717, 1.165) is 0 Å². The van der Waals surface area contributed by atoms with Crippen LogP contribution in [0.1, 0.15) is 30.1 Å². The Hall–Kier alpha value is -2.19. The number of carbonyl (C=O) groups is 1. The lowest BCUT2D eigenvalue weighted by molar-refractivity contribution is 0.101. The number of sulfonamides is 1. The molecule has 0 radical (unpaired) electrons. The molecule has 3 N–H and O–H groups in total. The Morgan fingerprint density at radius 1 is 1.36 bits per heavy atom. The minimum absolute atomic E-state index is 0.0778. The Labute approximate surface area is 128 Å². The van der Waals surface area contributed by atoms with Crippen molar-refractivity contribution in [3.05, 3.63) is 41.8 Å². The number of hydrogen-bond donors (Lipinski definition) is 2. The van der Waals surface area contributed by atoms with Gasteiger partial charge < -0.3 is 9.84 Å². The highest BCUT2D eigenvalue weighted by molar-refractivity contribution is 7.89. The van der Waals surface area contributed by atoms with Gasteiger partial charge in [-0.25, -0.2) is 13.6 Å². The van der Waals surface area contributed by atoms with Crippen LogP contribution in [0.2, 0.25) is 0 Å². The molecule has 0 spiro atoms. The number of aromatic nitrogens is 1. The number of rotatable bonds is 5. The number of carbonyl (C=O) groups excluding carboxylic acids is 1. The van der Waals surface area contributed by atoms with Gasteiger partial charge in [-0.2, -0.15) is 0 Å². The summed E-state index contributed by atoms with van der Waals surface area (Å²) in [5.41, 5.74) is 0.446. The van der Waals surface area contributed by atoms with E-state index in [1.54, 1.807) is 12.1 Å². The van der Waals surface area contributed by atoms with Crippen molar-refractivity contribution in [2.45, 2.75) is 25.2 Å². The van der Waals surface area contributed by atoms with Crippen LogP contribution in [0.4, 0.5) is 5.69 Å². The van der Waals surface area contributed by atoms with E-state index in [1.165, 1.54) is 18.2 Å². The fourth-order valence-electron chi connectivity index (χ4n) is 1.86. The van der Waals surface area contributed by atoms with Gasteiger partial charge in [0.05, 0.1) is 4.90 Å². The number of primary sulfonamides is 1.